The van der Waals surface area contributed by atoms with Gasteiger partial charge in [0.2, 0.25) is 0 Å². The number of piperidine rings is 1. The summed E-state index contributed by atoms with van der Waals surface area (Å²) in [5.41, 5.74) is 0.433. The summed E-state index contributed by atoms with van der Waals surface area (Å²) >= 11 is 5.74. The fourth-order valence-corrected chi connectivity index (χ4v) is 2.13. The molecule has 0 aromatic heterocycles. The molecule has 5 nitrogen and oxygen atoms in total. The van der Waals surface area contributed by atoms with E-state index in [4.69, 9.17) is 16.7 Å². The molecule has 1 aromatic rings. The molecule has 1 aromatic carbocycles. The number of hydrogen-bond donors (Lipinski definition) is 1. The molecule has 0 bridgehead atoms. The standard InChI is InChI=1S/C13H12ClNO4/c14-9-3-1-8(2-4-9)12(17)15-6-5-11(16)10(7-15)13(18)19/h1-4,10H,5-7H2,(H,18,19). The summed E-state index contributed by atoms with van der Waals surface area (Å²) in [4.78, 5) is 35.9. The van der Waals surface area contributed by atoms with Crippen molar-refractivity contribution in [2.24, 2.45) is 5.92 Å². The molecule has 1 N–H and O–H groups in total. The van der Waals surface area contributed by atoms with Gasteiger partial charge in [-0.05, 0) is 24.3 Å². The number of ketones is 1. The van der Waals surface area contributed by atoms with Gasteiger partial charge in [-0.3, -0.25) is 14.4 Å². The van der Waals surface area contributed by atoms with Gasteiger partial charge in [-0.15, -0.1) is 0 Å². The van der Waals surface area contributed by atoms with E-state index in [0.29, 0.717) is 10.6 Å². The van der Waals surface area contributed by atoms with E-state index in [1.165, 1.54) is 4.90 Å². The largest absolute Gasteiger partial charge is 0.481 e. The second kappa shape index (κ2) is 5.40. The Morgan fingerprint density at radius 2 is 1.89 bits per heavy atom. The molecule has 6 heteroatoms. The van der Waals surface area contributed by atoms with Crippen LogP contribution < -0.4 is 0 Å². The number of benzene rings is 1. The van der Waals surface area contributed by atoms with Crippen molar-refractivity contribution in [3.63, 3.8) is 0 Å². The Labute approximate surface area is 114 Å². The lowest BCUT2D eigenvalue weighted by atomic mass is 9.96. The first-order valence-electron chi connectivity index (χ1n) is 5.79. The molecule has 0 saturated carbocycles. The lowest BCUT2D eigenvalue weighted by Gasteiger charge is -2.29. The van der Waals surface area contributed by atoms with E-state index in [1.807, 2.05) is 0 Å². The summed E-state index contributed by atoms with van der Waals surface area (Å²) in [5, 5.41) is 9.46. The minimum absolute atomic E-state index is 0.0738. The maximum absolute atomic E-state index is 12.2. The maximum Gasteiger partial charge on any atom is 0.315 e. The van der Waals surface area contributed by atoms with E-state index in [1.54, 1.807) is 24.3 Å². The zero-order valence-electron chi connectivity index (χ0n) is 10.0. The number of amides is 1. The number of hydrogen-bond acceptors (Lipinski definition) is 3. The maximum atomic E-state index is 12.2. The Bertz CT molecular complexity index is 526. The van der Waals surface area contributed by atoms with Crippen molar-refractivity contribution >= 4 is 29.3 Å². The molecule has 1 aliphatic heterocycles. The number of likely N-dealkylation sites (tertiary alicyclic amines) is 1. The van der Waals surface area contributed by atoms with Crippen LogP contribution in [-0.2, 0) is 9.59 Å². The number of rotatable bonds is 2. The molecular weight excluding hydrogens is 270 g/mol. The van der Waals surface area contributed by atoms with E-state index in [0.717, 1.165) is 0 Å². The summed E-state index contributed by atoms with van der Waals surface area (Å²) in [5.74, 6) is -2.91. The number of Topliss-reactive ketones (excluding diaryl/α,β-unsaturated/α-hetero) is 1. The van der Waals surface area contributed by atoms with Gasteiger partial charge in [-0.25, -0.2) is 0 Å². The van der Waals surface area contributed by atoms with Gasteiger partial charge < -0.3 is 10.0 Å². The van der Waals surface area contributed by atoms with E-state index < -0.39 is 11.9 Å². The molecule has 0 aliphatic carbocycles. The minimum atomic E-state index is -1.18. The molecule has 1 aliphatic rings. The summed E-state index contributed by atoms with van der Waals surface area (Å²) in [6, 6.07) is 6.35. The SMILES string of the molecule is O=C(O)C1CN(C(=O)c2ccc(Cl)cc2)CCC1=O. The number of halogens is 1. The number of carboxylic acid groups (broad SMARTS) is 1. The van der Waals surface area contributed by atoms with Crippen molar-refractivity contribution in [1.82, 2.24) is 4.90 Å². The first-order valence-corrected chi connectivity index (χ1v) is 6.17. The van der Waals surface area contributed by atoms with Crippen LogP contribution in [0.2, 0.25) is 5.02 Å². The van der Waals surface area contributed by atoms with Crippen molar-refractivity contribution in [3.8, 4) is 0 Å². The van der Waals surface area contributed by atoms with Gasteiger partial charge in [0.15, 0.2) is 5.78 Å². The highest BCUT2D eigenvalue weighted by molar-refractivity contribution is 6.30. The number of carbonyl (C=O) groups is 3. The smallest absolute Gasteiger partial charge is 0.315 e. The molecule has 1 atom stereocenters. The molecular formula is C13H12ClNO4. The molecule has 1 saturated heterocycles. The van der Waals surface area contributed by atoms with E-state index >= 15 is 0 Å². The van der Waals surface area contributed by atoms with Crippen LogP contribution in [0, 0.1) is 5.92 Å². The Morgan fingerprint density at radius 3 is 2.47 bits per heavy atom. The molecule has 0 spiro atoms. The predicted molar refractivity (Wildman–Crippen MR) is 68.1 cm³/mol. The van der Waals surface area contributed by atoms with E-state index in [2.05, 4.69) is 0 Å². The Kier molecular flexibility index (Phi) is 3.85. The first kappa shape index (κ1) is 13.5. The number of carboxylic acids is 1. The van der Waals surface area contributed by atoms with Crippen LogP contribution in [0.5, 0.6) is 0 Å². The predicted octanol–water partition coefficient (Wildman–Crippen LogP) is 1.46. The number of carbonyl (C=O) groups excluding carboxylic acids is 2. The fourth-order valence-electron chi connectivity index (χ4n) is 2.01. The van der Waals surface area contributed by atoms with Crippen LogP contribution in [0.4, 0.5) is 0 Å². The van der Waals surface area contributed by atoms with Crippen molar-refractivity contribution < 1.29 is 19.5 Å². The van der Waals surface area contributed by atoms with Crippen LogP contribution in [0.15, 0.2) is 24.3 Å². The van der Waals surface area contributed by atoms with E-state index in [9.17, 15) is 14.4 Å². The van der Waals surface area contributed by atoms with Crippen molar-refractivity contribution in [3.05, 3.63) is 34.9 Å². The quantitative estimate of drug-likeness (QED) is 0.833. The molecule has 1 unspecified atom stereocenters. The van der Waals surface area contributed by atoms with Gasteiger partial charge in [0.25, 0.3) is 5.91 Å². The van der Waals surface area contributed by atoms with Gasteiger partial charge >= 0.3 is 5.97 Å². The monoisotopic (exact) mass is 281 g/mol. The number of nitrogens with zero attached hydrogens (tertiary/aromatic N) is 1. The molecule has 0 radical (unpaired) electrons. The molecule has 1 heterocycles. The van der Waals surface area contributed by atoms with Crippen LogP contribution >= 0.6 is 11.6 Å². The van der Waals surface area contributed by atoms with Crippen LogP contribution in [0.3, 0.4) is 0 Å². The van der Waals surface area contributed by atoms with Gasteiger partial charge in [0.1, 0.15) is 5.92 Å². The van der Waals surface area contributed by atoms with E-state index in [-0.39, 0.29) is 31.2 Å². The van der Waals surface area contributed by atoms with Crippen LogP contribution in [0.1, 0.15) is 16.8 Å². The van der Waals surface area contributed by atoms with Crippen molar-refractivity contribution in [2.75, 3.05) is 13.1 Å². The Hall–Kier alpha value is -1.88. The van der Waals surface area contributed by atoms with Gasteiger partial charge in [-0.2, -0.15) is 0 Å². The van der Waals surface area contributed by atoms with Gasteiger partial charge in [-0.1, -0.05) is 11.6 Å². The zero-order valence-corrected chi connectivity index (χ0v) is 10.8. The highest BCUT2D eigenvalue weighted by atomic mass is 35.5. The minimum Gasteiger partial charge on any atom is -0.481 e. The molecule has 19 heavy (non-hydrogen) atoms. The molecule has 100 valence electrons. The third-order valence-electron chi connectivity index (χ3n) is 3.10. The Balaban J connectivity index is 2.14. The second-order valence-corrected chi connectivity index (χ2v) is 4.80. The summed E-state index contributed by atoms with van der Waals surface area (Å²) in [6.07, 6.45) is 0.0797. The molecule has 1 fully saturated rings. The topological polar surface area (TPSA) is 74.7 Å². The second-order valence-electron chi connectivity index (χ2n) is 4.37. The van der Waals surface area contributed by atoms with Crippen LogP contribution in [-0.4, -0.2) is 40.8 Å². The summed E-state index contributed by atoms with van der Waals surface area (Å²) < 4.78 is 0. The fraction of sp³-hybridized carbons (Fsp3) is 0.308. The average molecular weight is 282 g/mol. The Morgan fingerprint density at radius 1 is 1.26 bits per heavy atom. The average Bonchev–Trinajstić information content (AvgIpc) is 2.39. The highest BCUT2D eigenvalue weighted by Crippen LogP contribution is 2.17. The zero-order chi connectivity index (χ0) is 14.0. The summed E-state index contributed by atoms with van der Waals surface area (Å²) in [6.45, 7) is 0.180. The van der Waals surface area contributed by atoms with Crippen molar-refractivity contribution in [1.29, 1.82) is 0 Å². The van der Waals surface area contributed by atoms with Gasteiger partial charge in [0, 0.05) is 30.1 Å². The third kappa shape index (κ3) is 2.93. The van der Waals surface area contributed by atoms with Gasteiger partial charge in [0.05, 0.1) is 0 Å². The summed E-state index contributed by atoms with van der Waals surface area (Å²) in [7, 11) is 0. The first-order chi connectivity index (χ1) is 8.99. The van der Waals surface area contributed by atoms with Crippen LogP contribution in [0.25, 0.3) is 0 Å². The lowest BCUT2D eigenvalue weighted by Crippen LogP contribution is -2.46. The molecule has 1 amide bonds. The highest BCUT2D eigenvalue weighted by Gasteiger charge is 2.34. The van der Waals surface area contributed by atoms with Crippen molar-refractivity contribution in [2.45, 2.75) is 6.42 Å². The number of aliphatic carboxylic acids is 1. The normalized spacial score (nSPS) is 19.3. The lowest BCUT2D eigenvalue weighted by molar-refractivity contribution is -0.148. The molecule has 2 rings (SSSR count). The third-order valence-corrected chi connectivity index (χ3v) is 3.35.